The van der Waals surface area contributed by atoms with Gasteiger partial charge in [-0.05, 0) is 27.6 Å². The lowest BCUT2D eigenvalue weighted by Gasteiger charge is -2.15. The molecule has 5 nitrogen and oxygen atoms in total. The Kier molecular flexibility index (Phi) is 5.06. The minimum atomic E-state index is -0.541. The van der Waals surface area contributed by atoms with Crippen LogP contribution in [0.5, 0.6) is 5.75 Å². The Balaban J connectivity index is 2.10. The standard InChI is InChI=1S/C14H13BrN2O3/c15-9-12(11-5-2-1-3-6-11)10-20-13-7-4-8-16-14(13)17(18)19/h1-8,12H,9-10H2. The van der Waals surface area contributed by atoms with E-state index in [1.54, 1.807) is 12.1 Å². The van der Waals surface area contributed by atoms with Crippen molar-refractivity contribution in [3.05, 3.63) is 64.3 Å². The van der Waals surface area contributed by atoms with Gasteiger partial charge in [0.1, 0.15) is 6.20 Å². The van der Waals surface area contributed by atoms with Crippen molar-refractivity contribution in [3.8, 4) is 5.75 Å². The summed E-state index contributed by atoms with van der Waals surface area (Å²) in [5.74, 6) is 0.0595. The van der Waals surface area contributed by atoms with Crippen LogP contribution in [0.3, 0.4) is 0 Å². The maximum Gasteiger partial charge on any atom is 0.406 e. The zero-order chi connectivity index (χ0) is 14.4. The van der Waals surface area contributed by atoms with Crippen LogP contribution in [-0.4, -0.2) is 21.8 Å². The molecular formula is C14H13BrN2O3. The van der Waals surface area contributed by atoms with Gasteiger partial charge in [-0.1, -0.05) is 46.3 Å². The first-order valence-corrected chi connectivity index (χ1v) is 7.17. The second-order valence-electron chi connectivity index (χ2n) is 4.16. The second-order valence-corrected chi connectivity index (χ2v) is 4.80. The zero-order valence-corrected chi connectivity index (χ0v) is 12.2. The van der Waals surface area contributed by atoms with Crippen LogP contribution in [0.4, 0.5) is 5.82 Å². The molecule has 1 aromatic heterocycles. The molecule has 1 atom stereocenters. The molecule has 2 rings (SSSR count). The smallest absolute Gasteiger partial charge is 0.406 e. The van der Waals surface area contributed by atoms with Crippen molar-refractivity contribution in [1.29, 1.82) is 0 Å². The molecule has 1 unspecified atom stereocenters. The number of ether oxygens (including phenoxy) is 1. The second kappa shape index (κ2) is 7.00. The Morgan fingerprint density at radius 3 is 2.65 bits per heavy atom. The molecule has 1 aromatic carbocycles. The van der Waals surface area contributed by atoms with Gasteiger partial charge in [-0.3, -0.25) is 0 Å². The van der Waals surface area contributed by atoms with Crippen molar-refractivity contribution >= 4 is 21.7 Å². The molecule has 0 aliphatic heterocycles. The number of nitro groups is 1. The third-order valence-electron chi connectivity index (χ3n) is 2.82. The molecule has 0 N–H and O–H groups in total. The van der Waals surface area contributed by atoms with Crippen molar-refractivity contribution in [2.45, 2.75) is 5.92 Å². The molecule has 0 radical (unpaired) electrons. The molecule has 20 heavy (non-hydrogen) atoms. The summed E-state index contributed by atoms with van der Waals surface area (Å²) in [7, 11) is 0. The molecule has 0 amide bonds. The summed E-state index contributed by atoms with van der Waals surface area (Å²) in [5.41, 5.74) is 1.12. The fourth-order valence-electron chi connectivity index (χ4n) is 1.78. The van der Waals surface area contributed by atoms with Crippen molar-refractivity contribution in [2.24, 2.45) is 0 Å². The van der Waals surface area contributed by atoms with Gasteiger partial charge < -0.3 is 14.9 Å². The number of halogens is 1. The van der Waals surface area contributed by atoms with Gasteiger partial charge in [0, 0.05) is 11.2 Å². The van der Waals surface area contributed by atoms with Crippen LogP contribution >= 0.6 is 15.9 Å². The first-order valence-electron chi connectivity index (χ1n) is 6.05. The summed E-state index contributed by atoms with van der Waals surface area (Å²) < 4.78 is 5.57. The number of benzene rings is 1. The van der Waals surface area contributed by atoms with Crippen LogP contribution in [0.25, 0.3) is 0 Å². The Hall–Kier alpha value is -1.95. The average Bonchev–Trinajstić information content (AvgIpc) is 2.49. The van der Waals surface area contributed by atoms with E-state index in [-0.39, 0.29) is 17.5 Å². The van der Waals surface area contributed by atoms with Gasteiger partial charge in [-0.25, -0.2) is 0 Å². The number of hydrogen-bond donors (Lipinski definition) is 0. The fraction of sp³-hybridized carbons (Fsp3) is 0.214. The van der Waals surface area contributed by atoms with E-state index in [9.17, 15) is 10.1 Å². The third-order valence-corrected chi connectivity index (χ3v) is 3.60. The van der Waals surface area contributed by atoms with E-state index in [2.05, 4.69) is 20.9 Å². The Morgan fingerprint density at radius 1 is 1.25 bits per heavy atom. The molecule has 0 saturated heterocycles. The van der Waals surface area contributed by atoms with Gasteiger partial charge in [0.15, 0.2) is 0 Å². The lowest BCUT2D eigenvalue weighted by Crippen LogP contribution is -2.12. The SMILES string of the molecule is O=[N+]([O-])c1ncccc1OCC(CBr)c1ccccc1. The van der Waals surface area contributed by atoms with E-state index in [0.29, 0.717) is 11.9 Å². The molecule has 1 heterocycles. The highest BCUT2D eigenvalue weighted by molar-refractivity contribution is 9.09. The highest BCUT2D eigenvalue weighted by atomic mass is 79.9. The summed E-state index contributed by atoms with van der Waals surface area (Å²) in [5, 5.41) is 11.6. The van der Waals surface area contributed by atoms with Crippen LogP contribution in [0.15, 0.2) is 48.7 Å². The van der Waals surface area contributed by atoms with Crippen molar-refractivity contribution in [2.75, 3.05) is 11.9 Å². The molecule has 104 valence electrons. The van der Waals surface area contributed by atoms with Crippen molar-refractivity contribution in [3.63, 3.8) is 0 Å². The highest BCUT2D eigenvalue weighted by Crippen LogP contribution is 2.25. The highest BCUT2D eigenvalue weighted by Gasteiger charge is 2.18. The van der Waals surface area contributed by atoms with E-state index < -0.39 is 4.92 Å². The van der Waals surface area contributed by atoms with E-state index in [1.165, 1.54) is 6.20 Å². The summed E-state index contributed by atoms with van der Waals surface area (Å²) in [6.07, 6.45) is 1.38. The molecule has 0 bridgehead atoms. The van der Waals surface area contributed by atoms with Crippen molar-refractivity contribution < 1.29 is 9.66 Å². The topological polar surface area (TPSA) is 65.3 Å². The van der Waals surface area contributed by atoms with Crippen LogP contribution < -0.4 is 4.74 Å². The largest absolute Gasteiger partial charge is 0.485 e. The average molecular weight is 337 g/mol. The summed E-state index contributed by atoms with van der Waals surface area (Å²) >= 11 is 3.44. The maximum atomic E-state index is 10.9. The van der Waals surface area contributed by atoms with Crippen LogP contribution in [0.1, 0.15) is 11.5 Å². The van der Waals surface area contributed by atoms with Crippen molar-refractivity contribution in [1.82, 2.24) is 4.98 Å². The minimum Gasteiger partial charge on any atom is -0.485 e. The van der Waals surface area contributed by atoms with Gasteiger partial charge in [-0.15, -0.1) is 0 Å². The Morgan fingerprint density at radius 2 is 2.00 bits per heavy atom. The van der Waals surface area contributed by atoms with Gasteiger partial charge >= 0.3 is 5.82 Å². The number of aromatic nitrogens is 1. The monoisotopic (exact) mass is 336 g/mol. The lowest BCUT2D eigenvalue weighted by molar-refractivity contribution is -0.390. The maximum absolute atomic E-state index is 10.9. The Bertz CT molecular complexity index is 578. The van der Waals surface area contributed by atoms with E-state index in [0.717, 1.165) is 5.56 Å². The lowest BCUT2D eigenvalue weighted by atomic mass is 10.0. The fourth-order valence-corrected chi connectivity index (χ4v) is 2.34. The van der Waals surface area contributed by atoms with E-state index in [4.69, 9.17) is 4.74 Å². The number of nitrogens with zero attached hydrogens (tertiary/aromatic N) is 2. The molecule has 0 fully saturated rings. The quantitative estimate of drug-likeness (QED) is 0.459. The normalized spacial score (nSPS) is 11.8. The molecule has 2 aromatic rings. The first kappa shape index (κ1) is 14.5. The van der Waals surface area contributed by atoms with Gasteiger partial charge in [0.25, 0.3) is 0 Å². The molecule has 0 aliphatic rings. The summed E-state index contributed by atoms with van der Waals surface area (Å²) in [6, 6.07) is 13.0. The number of hydrogen-bond acceptors (Lipinski definition) is 4. The molecule has 0 saturated carbocycles. The van der Waals surface area contributed by atoms with Gasteiger partial charge in [0.2, 0.25) is 5.75 Å². The molecular weight excluding hydrogens is 324 g/mol. The summed E-state index contributed by atoms with van der Waals surface area (Å²) in [4.78, 5) is 14.0. The molecule has 0 aliphatic carbocycles. The molecule has 0 spiro atoms. The zero-order valence-electron chi connectivity index (χ0n) is 10.6. The van der Waals surface area contributed by atoms with Crippen LogP contribution in [-0.2, 0) is 0 Å². The predicted molar refractivity (Wildman–Crippen MR) is 79.4 cm³/mol. The number of rotatable bonds is 6. The van der Waals surface area contributed by atoms with Gasteiger partial charge in [0.05, 0.1) is 6.61 Å². The number of pyridine rings is 1. The first-order chi connectivity index (χ1) is 9.72. The van der Waals surface area contributed by atoms with Gasteiger partial charge in [-0.2, -0.15) is 0 Å². The van der Waals surface area contributed by atoms with E-state index >= 15 is 0 Å². The molecule has 6 heteroatoms. The Labute approximate surface area is 124 Å². The predicted octanol–water partition coefficient (Wildman–Crippen LogP) is 3.55. The van der Waals surface area contributed by atoms with Crippen LogP contribution in [0.2, 0.25) is 0 Å². The number of alkyl halides is 1. The third kappa shape index (κ3) is 3.54. The van der Waals surface area contributed by atoms with E-state index in [1.807, 2.05) is 30.3 Å². The summed E-state index contributed by atoms with van der Waals surface area (Å²) in [6.45, 7) is 0.349. The van der Waals surface area contributed by atoms with Crippen LogP contribution in [0, 0.1) is 10.1 Å². The minimum absolute atomic E-state index is 0.121.